The van der Waals surface area contributed by atoms with Gasteiger partial charge in [-0.05, 0) is 31.2 Å². The first-order valence-corrected chi connectivity index (χ1v) is 3.96. The van der Waals surface area contributed by atoms with Crippen LogP contribution < -0.4 is 0 Å². The van der Waals surface area contributed by atoms with Gasteiger partial charge in [0.05, 0.1) is 0 Å². The van der Waals surface area contributed by atoms with Crippen molar-refractivity contribution in [2.75, 3.05) is 20.1 Å². The number of nitrogens with zero attached hydrogens (tertiary/aromatic N) is 1. The van der Waals surface area contributed by atoms with Crippen LogP contribution in [0.1, 0.15) is 13.3 Å². The molecule has 2 saturated heterocycles. The summed E-state index contributed by atoms with van der Waals surface area (Å²) in [5.41, 5.74) is 0. The lowest BCUT2D eigenvalue weighted by Gasteiger charge is -2.51. The molecule has 1 aliphatic carbocycles. The molecule has 0 aromatic heterocycles. The Balaban J connectivity index is 2.01. The smallest absolute Gasteiger partial charge is 0.000949 e. The van der Waals surface area contributed by atoms with Gasteiger partial charge in [0.15, 0.2) is 0 Å². The molecule has 0 radical (unpaired) electrons. The molecule has 1 heteroatoms. The van der Waals surface area contributed by atoms with Gasteiger partial charge >= 0.3 is 0 Å². The van der Waals surface area contributed by atoms with Crippen LogP contribution in [0, 0.1) is 17.8 Å². The van der Waals surface area contributed by atoms with Crippen LogP contribution in [0.2, 0.25) is 0 Å². The lowest BCUT2D eigenvalue weighted by Crippen LogP contribution is -2.52. The number of rotatable bonds is 0. The van der Waals surface area contributed by atoms with Crippen molar-refractivity contribution in [2.45, 2.75) is 13.3 Å². The number of hydrogen-bond acceptors (Lipinski definition) is 1. The normalized spacial score (nSPS) is 50.7. The van der Waals surface area contributed by atoms with Gasteiger partial charge in [-0.1, -0.05) is 6.92 Å². The summed E-state index contributed by atoms with van der Waals surface area (Å²) in [4.78, 5) is 2.47. The van der Waals surface area contributed by atoms with Gasteiger partial charge in [0.25, 0.3) is 0 Å². The van der Waals surface area contributed by atoms with Gasteiger partial charge in [0.2, 0.25) is 0 Å². The van der Waals surface area contributed by atoms with Crippen molar-refractivity contribution in [1.82, 2.24) is 4.90 Å². The Morgan fingerprint density at radius 3 is 2.11 bits per heavy atom. The van der Waals surface area contributed by atoms with E-state index in [-0.39, 0.29) is 0 Å². The third-order valence-electron chi connectivity index (χ3n) is 3.19. The molecule has 2 heterocycles. The van der Waals surface area contributed by atoms with Crippen LogP contribution in [0.4, 0.5) is 0 Å². The Morgan fingerprint density at radius 2 is 1.78 bits per heavy atom. The summed E-state index contributed by atoms with van der Waals surface area (Å²) in [7, 11) is 2.24. The number of piperidine rings is 2. The lowest BCUT2D eigenvalue weighted by molar-refractivity contribution is -0.0212. The number of fused-ring (bicyclic) bond motifs is 2. The average molecular weight is 125 g/mol. The van der Waals surface area contributed by atoms with Crippen LogP contribution in [-0.4, -0.2) is 25.0 Å². The summed E-state index contributed by atoms with van der Waals surface area (Å²) < 4.78 is 0. The maximum absolute atomic E-state index is 2.47. The minimum Gasteiger partial charge on any atom is -0.306 e. The van der Waals surface area contributed by atoms with Crippen molar-refractivity contribution < 1.29 is 0 Å². The summed E-state index contributed by atoms with van der Waals surface area (Å²) in [5.74, 6) is 3.14. The molecule has 3 rings (SSSR count). The first-order valence-electron chi connectivity index (χ1n) is 3.96. The van der Waals surface area contributed by atoms with E-state index in [2.05, 4.69) is 18.9 Å². The van der Waals surface area contributed by atoms with Gasteiger partial charge in [-0.2, -0.15) is 0 Å². The summed E-state index contributed by atoms with van der Waals surface area (Å²) in [6.07, 6.45) is 1.52. The fourth-order valence-corrected chi connectivity index (χ4v) is 2.36. The van der Waals surface area contributed by atoms with Gasteiger partial charge in [-0.15, -0.1) is 0 Å². The second-order valence-electron chi connectivity index (χ2n) is 3.84. The van der Waals surface area contributed by atoms with E-state index >= 15 is 0 Å². The van der Waals surface area contributed by atoms with Gasteiger partial charge in [0.1, 0.15) is 0 Å². The van der Waals surface area contributed by atoms with Crippen molar-refractivity contribution in [3.63, 3.8) is 0 Å². The van der Waals surface area contributed by atoms with Crippen molar-refractivity contribution in [2.24, 2.45) is 17.8 Å². The molecule has 52 valence electrons. The van der Waals surface area contributed by atoms with Crippen LogP contribution in [0.15, 0.2) is 0 Å². The fraction of sp³-hybridized carbons (Fsp3) is 1.00. The minimum atomic E-state index is 1.04. The zero-order valence-electron chi connectivity index (χ0n) is 6.30. The van der Waals surface area contributed by atoms with Crippen molar-refractivity contribution in [1.29, 1.82) is 0 Å². The van der Waals surface area contributed by atoms with Crippen LogP contribution in [0.3, 0.4) is 0 Å². The molecule has 2 atom stereocenters. The Kier molecular flexibility index (Phi) is 1.10. The third kappa shape index (κ3) is 0.710. The fourth-order valence-electron chi connectivity index (χ4n) is 2.36. The summed E-state index contributed by atoms with van der Waals surface area (Å²) >= 11 is 0. The molecule has 3 fully saturated rings. The van der Waals surface area contributed by atoms with E-state index in [1.165, 1.54) is 19.5 Å². The van der Waals surface area contributed by atoms with E-state index in [1.54, 1.807) is 0 Å². The summed E-state index contributed by atoms with van der Waals surface area (Å²) in [5, 5.41) is 0. The zero-order chi connectivity index (χ0) is 6.43. The van der Waals surface area contributed by atoms with Crippen LogP contribution in [0.5, 0.6) is 0 Å². The second-order valence-corrected chi connectivity index (χ2v) is 3.84. The Morgan fingerprint density at radius 1 is 1.22 bits per heavy atom. The largest absolute Gasteiger partial charge is 0.306 e. The maximum Gasteiger partial charge on any atom is 0.000949 e. The molecule has 9 heavy (non-hydrogen) atoms. The maximum atomic E-state index is 2.47. The predicted molar refractivity (Wildman–Crippen MR) is 38.3 cm³/mol. The molecule has 2 aliphatic heterocycles. The van der Waals surface area contributed by atoms with Gasteiger partial charge < -0.3 is 4.90 Å². The van der Waals surface area contributed by atoms with E-state index in [1.807, 2.05) is 0 Å². The van der Waals surface area contributed by atoms with E-state index in [0.29, 0.717) is 0 Å². The van der Waals surface area contributed by atoms with E-state index < -0.39 is 0 Å². The van der Waals surface area contributed by atoms with Gasteiger partial charge in [-0.25, -0.2) is 0 Å². The quantitative estimate of drug-likeness (QED) is 0.470. The molecule has 3 aliphatic rings. The predicted octanol–water partition coefficient (Wildman–Crippen LogP) is 1.20. The van der Waals surface area contributed by atoms with Crippen LogP contribution in [-0.2, 0) is 0 Å². The Hall–Kier alpha value is -0.0400. The highest BCUT2D eigenvalue weighted by molar-refractivity contribution is 4.93. The first kappa shape index (κ1) is 5.72. The highest BCUT2D eigenvalue weighted by atomic mass is 15.1. The highest BCUT2D eigenvalue weighted by Gasteiger charge is 2.42. The summed E-state index contributed by atoms with van der Waals surface area (Å²) in [6, 6.07) is 0. The van der Waals surface area contributed by atoms with Crippen molar-refractivity contribution in [3.05, 3.63) is 0 Å². The zero-order valence-corrected chi connectivity index (χ0v) is 6.30. The average Bonchev–Trinajstić information content (AvgIpc) is 1.87. The monoisotopic (exact) mass is 125 g/mol. The topological polar surface area (TPSA) is 3.24 Å². The molecule has 2 unspecified atom stereocenters. The van der Waals surface area contributed by atoms with Gasteiger partial charge in [-0.3, -0.25) is 0 Å². The highest BCUT2D eigenvalue weighted by Crippen LogP contribution is 2.44. The molecule has 0 aromatic carbocycles. The van der Waals surface area contributed by atoms with Crippen molar-refractivity contribution in [3.8, 4) is 0 Å². The molecule has 0 N–H and O–H groups in total. The first-order chi connectivity index (χ1) is 4.27. The van der Waals surface area contributed by atoms with Crippen molar-refractivity contribution >= 4 is 0 Å². The Bertz CT molecular complexity index is 110. The number of hydrogen-bond donors (Lipinski definition) is 0. The minimum absolute atomic E-state index is 1.04. The molecular weight excluding hydrogens is 110 g/mol. The standard InChI is InChI=1S/C8H15N/c1-6-7-3-8(6)5-9(2)4-7/h6-8H,3-5H2,1-2H3. The van der Waals surface area contributed by atoms with Crippen LogP contribution >= 0.6 is 0 Å². The summed E-state index contributed by atoms with van der Waals surface area (Å²) in [6.45, 7) is 5.13. The Labute approximate surface area is 57.0 Å². The van der Waals surface area contributed by atoms with Crippen LogP contribution in [0.25, 0.3) is 0 Å². The van der Waals surface area contributed by atoms with E-state index in [4.69, 9.17) is 0 Å². The molecular formula is C8H15N. The third-order valence-corrected chi connectivity index (χ3v) is 3.19. The molecule has 1 nitrogen and oxygen atoms in total. The van der Waals surface area contributed by atoms with E-state index in [0.717, 1.165) is 17.8 Å². The molecule has 1 saturated carbocycles. The molecule has 2 bridgehead atoms. The second kappa shape index (κ2) is 1.72. The molecule has 0 amide bonds. The van der Waals surface area contributed by atoms with Gasteiger partial charge in [0, 0.05) is 13.1 Å². The lowest BCUT2D eigenvalue weighted by atomic mass is 9.63. The van der Waals surface area contributed by atoms with E-state index in [9.17, 15) is 0 Å². The molecule has 0 aromatic rings. The SMILES string of the molecule is CC1C2CC1CN(C)C2. The molecule has 0 spiro atoms.